The van der Waals surface area contributed by atoms with Gasteiger partial charge in [0.05, 0.1) is 5.69 Å². The monoisotopic (exact) mass is 374 g/mol. The summed E-state index contributed by atoms with van der Waals surface area (Å²) in [5, 5.41) is 0. The summed E-state index contributed by atoms with van der Waals surface area (Å²) in [5.41, 5.74) is 0.663. The van der Waals surface area contributed by atoms with Crippen LogP contribution >= 0.6 is 0 Å². The molecule has 0 aromatic carbocycles. The second-order valence-electron chi connectivity index (χ2n) is 8.11. The van der Waals surface area contributed by atoms with Gasteiger partial charge in [-0.3, -0.25) is 14.4 Å². The normalized spacial score (nSPS) is 21.6. The van der Waals surface area contributed by atoms with Crippen molar-refractivity contribution in [3.05, 3.63) is 27.9 Å². The molecule has 0 spiro atoms. The molecule has 1 aromatic rings. The second-order valence-corrected chi connectivity index (χ2v) is 8.11. The van der Waals surface area contributed by atoms with Crippen molar-refractivity contribution >= 4 is 11.8 Å². The largest absolute Gasteiger partial charge is 0.342 e. The van der Waals surface area contributed by atoms with Gasteiger partial charge in [0.15, 0.2) is 0 Å². The zero-order valence-electron chi connectivity index (χ0n) is 16.5. The Labute approximate surface area is 160 Å². The fourth-order valence-electron chi connectivity index (χ4n) is 4.14. The molecular formula is C20H30N4O3. The molecule has 3 heterocycles. The van der Waals surface area contributed by atoms with Gasteiger partial charge in [-0.05, 0) is 25.7 Å². The lowest BCUT2D eigenvalue weighted by Crippen LogP contribution is -2.40. The highest BCUT2D eigenvalue weighted by atomic mass is 16.2. The van der Waals surface area contributed by atoms with E-state index >= 15 is 0 Å². The van der Waals surface area contributed by atoms with Crippen molar-refractivity contribution in [1.82, 2.24) is 19.8 Å². The smallest absolute Gasteiger partial charge is 0.251 e. The zero-order chi connectivity index (χ0) is 19.6. The maximum atomic E-state index is 12.2. The van der Waals surface area contributed by atoms with Crippen molar-refractivity contribution in [3.8, 4) is 0 Å². The molecule has 0 bridgehead atoms. The summed E-state index contributed by atoms with van der Waals surface area (Å²) in [7, 11) is 0. The molecule has 7 nitrogen and oxygen atoms in total. The molecule has 2 amide bonds. The number of hydrogen-bond acceptors (Lipinski definition) is 4. The van der Waals surface area contributed by atoms with E-state index < -0.39 is 0 Å². The third-order valence-corrected chi connectivity index (χ3v) is 5.75. The Morgan fingerprint density at radius 1 is 1.11 bits per heavy atom. The molecule has 148 valence electrons. The van der Waals surface area contributed by atoms with Gasteiger partial charge in [0.25, 0.3) is 5.56 Å². The number of hydrogen-bond donors (Lipinski definition) is 1. The fraction of sp³-hybridized carbons (Fsp3) is 0.700. The number of piperidine rings is 2. The molecule has 2 saturated heterocycles. The first-order valence-corrected chi connectivity index (χ1v) is 10.0. The van der Waals surface area contributed by atoms with Crippen LogP contribution in [0.1, 0.15) is 69.8 Å². The molecule has 1 aromatic heterocycles. The molecule has 0 aliphatic carbocycles. The van der Waals surface area contributed by atoms with E-state index in [9.17, 15) is 14.4 Å². The van der Waals surface area contributed by atoms with Crippen molar-refractivity contribution in [2.24, 2.45) is 5.92 Å². The highest BCUT2D eigenvalue weighted by molar-refractivity contribution is 5.78. The fourth-order valence-corrected chi connectivity index (χ4v) is 4.14. The first kappa shape index (κ1) is 19.6. The zero-order valence-corrected chi connectivity index (χ0v) is 16.5. The van der Waals surface area contributed by atoms with Gasteiger partial charge in [-0.15, -0.1) is 0 Å². The lowest BCUT2D eigenvalue weighted by atomic mass is 9.92. The Morgan fingerprint density at radius 3 is 2.44 bits per heavy atom. The second kappa shape index (κ2) is 8.23. The van der Waals surface area contributed by atoms with Crippen molar-refractivity contribution in [3.63, 3.8) is 0 Å². The van der Waals surface area contributed by atoms with Crippen molar-refractivity contribution < 1.29 is 9.59 Å². The van der Waals surface area contributed by atoms with Crippen LogP contribution in [0.3, 0.4) is 0 Å². The quantitative estimate of drug-likeness (QED) is 0.875. The molecule has 3 rings (SSSR count). The predicted molar refractivity (Wildman–Crippen MR) is 102 cm³/mol. The van der Waals surface area contributed by atoms with Gasteiger partial charge in [0, 0.05) is 56.9 Å². The summed E-state index contributed by atoms with van der Waals surface area (Å²) in [5.74, 6) is 1.29. The SMILES string of the molecule is CC(=O)N1CCCC(c2cc(=O)[nH]c(C3CCN(C(=O)C(C)C)CC3)n2)C1. The standard InChI is InChI=1S/C20H30N4O3/c1-13(2)20(27)23-9-6-15(7-10-23)19-21-17(11-18(26)22-19)16-5-4-8-24(12-16)14(3)25/h11,13,15-16H,4-10,12H2,1-3H3,(H,21,22,26). The number of amides is 2. The van der Waals surface area contributed by atoms with Crippen LogP contribution in [0.15, 0.2) is 10.9 Å². The summed E-state index contributed by atoms with van der Waals surface area (Å²) in [4.78, 5) is 47.5. The van der Waals surface area contributed by atoms with Gasteiger partial charge < -0.3 is 14.8 Å². The van der Waals surface area contributed by atoms with Crippen LogP contribution in [0.4, 0.5) is 0 Å². The van der Waals surface area contributed by atoms with Crippen LogP contribution in [0.5, 0.6) is 0 Å². The Kier molecular flexibility index (Phi) is 5.97. The van der Waals surface area contributed by atoms with Gasteiger partial charge in [-0.2, -0.15) is 0 Å². The number of likely N-dealkylation sites (tertiary alicyclic amines) is 2. The lowest BCUT2D eigenvalue weighted by Gasteiger charge is -2.33. The van der Waals surface area contributed by atoms with Crippen LogP contribution in [-0.4, -0.2) is 57.8 Å². The number of carbonyl (C=O) groups excluding carboxylic acids is 2. The topological polar surface area (TPSA) is 86.4 Å². The van der Waals surface area contributed by atoms with Gasteiger partial charge in [-0.1, -0.05) is 13.8 Å². The van der Waals surface area contributed by atoms with Crippen molar-refractivity contribution in [1.29, 1.82) is 0 Å². The molecule has 2 aliphatic rings. The molecule has 7 heteroatoms. The van der Waals surface area contributed by atoms with E-state index in [4.69, 9.17) is 4.98 Å². The maximum absolute atomic E-state index is 12.2. The highest BCUT2D eigenvalue weighted by Crippen LogP contribution is 2.29. The van der Waals surface area contributed by atoms with E-state index in [0.717, 1.165) is 43.7 Å². The van der Waals surface area contributed by atoms with Gasteiger partial charge in [-0.25, -0.2) is 4.98 Å². The summed E-state index contributed by atoms with van der Waals surface area (Å²) >= 11 is 0. The van der Waals surface area contributed by atoms with Gasteiger partial charge in [0.1, 0.15) is 5.82 Å². The minimum absolute atomic E-state index is 0.0123. The van der Waals surface area contributed by atoms with Crippen LogP contribution in [0.25, 0.3) is 0 Å². The summed E-state index contributed by atoms with van der Waals surface area (Å²) in [6, 6.07) is 1.58. The number of H-pyrrole nitrogens is 1. The number of carbonyl (C=O) groups is 2. The first-order valence-electron chi connectivity index (χ1n) is 10.0. The third-order valence-electron chi connectivity index (χ3n) is 5.75. The molecule has 27 heavy (non-hydrogen) atoms. The predicted octanol–water partition coefficient (Wildman–Crippen LogP) is 1.86. The minimum atomic E-state index is -0.129. The van der Waals surface area contributed by atoms with Gasteiger partial charge >= 0.3 is 0 Å². The van der Waals surface area contributed by atoms with Crippen LogP contribution in [-0.2, 0) is 9.59 Å². The minimum Gasteiger partial charge on any atom is -0.342 e. The van der Waals surface area contributed by atoms with E-state index in [1.807, 2.05) is 23.6 Å². The number of nitrogens with zero attached hydrogens (tertiary/aromatic N) is 3. The first-order chi connectivity index (χ1) is 12.8. The van der Waals surface area contributed by atoms with E-state index in [2.05, 4.69) is 4.98 Å². The molecule has 1 N–H and O–H groups in total. The molecule has 1 atom stereocenters. The Bertz CT molecular complexity index is 750. The highest BCUT2D eigenvalue weighted by Gasteiger charge is 2.28. The number of aromatic amines is 1. The summed E-state index contributed by atoms with van der Waals surface area (Å²) < 4.78 is 0. The number of aromatic nitrogens is 2. The molecule has 1 unspecified atom stereocenters. The Morgan fingerprint density at radius 2 is 1.81 bits per heavy atom. The molecule has 0 saturated carbocycles. The Hall–Kier alpha value is -2.18. The molecule has 2 aliphatic heterocycles. The molecule has 0 radical (unpaired) electrons. The van der Waals surface area contributed by atoms with Crippen LogP contribution < -0.4 is 5.56 Å². The average Bonchev–Trinajstić information content (AvgIpc) is 2.67. The number of rotatable bonds is 3. The van der Waals surface area contributed by atoms with Crippen LogP contribution in [0.2, 0.25) is 0 Å². The maximum Gasteiger partial charge on any atom is 0.251 e. The van der Waals surface area contributed by atoms with Crippen LogP contribution in [0, 0.1) is 5.92 Å². The Balaban J connectivity index is 1.72. The van der Waals surface area contributed by atoms with E-state index in [1.165, 1.54) is 0 Å². The van der Waals surface area contributed by atoms with E-state index in [0.29, 0.717) is 19.6 Å². The molecule has 2 fully saturated rings. The van der Waals surface area contributed by atoms with E-state index in [1.54, 1.807) is 13.0 Å². The summed E-state index contributed by atoms with van der Waals surface area (Å²) in [6.07, 6.45) is 3.51. The molecular weight excluding hydrogens is 344 g/mol. The lowest BCUT2D eigenvalue weighted by molar-refractivity contribution is -0.135. The summed E-state index contributed by atoms with van der Waals surface area (Å²) in [6.45, 7) is 8.26. The number of nitrogens with one attached hydrogen (secondary N) is 1. The third kappa shape index (κ3) is 4.57. The van der Waals surface area contributed by atoms with Crippen molar-refractivity contribution in [2.45, 2.75) is 58.3 Å². The van der Waals surface area contributed by atoms with Gasteiger partial charge in [0.2, 0.25) is 11.8 Å². The van der Waals surface area contributed by atoms with E-state index in [-0.39, 0.29) is 35.1 Å². The average molecular weight is 374 g/mol. The van der Waals surface area contributed by atoms with Crippen molar-refractivity contribution in [2.75, 3.05) is 26.2 Å².